The second kappa shape index (κ2) is 6.02. The van der Waals surface area contributed by atoms with Crippen LogP contribution < -0.4 is 5.32 Å². The average Bonchev–Trinajstić information content (AvgIpc) is 2.38. The minimum atomic E-state index is -1.35. The van der Waals surface area contributed by atoms with E-state index in [9.17, 15) is 19.1 Å². The first-order valence-corrected chi connectivity index (χ1v) is 7.23. The Morgan fingerprint density at radius 3 is 2.76 bits per heavy atom. The first-order valence-electron chi connectivity index (χ1n) is 6.85. The monoisotopic (exact) mass is 313 g/mol. The third-order valence-electron chi connectivity index (χ3n) is 3.95. The van der Waals surface area contributed by atoms with Crippen LogP contribution in [0.15, 0.2) is 18.2 Å². The zero-order chi connectivity index (χ0) is 15.6. The van der Waals surface area contributed by atoms with E-state index in [1.165, 1.54) is 12.1 Å². The molecule has 2 rings (SSSR count). The van der Waals surface area contributed by atoms with Gasteiger partial charge in [0.1, 0.15) is 11.4 Å². The number of halogens is 2. The molecule has 2 N–H and O–H groups in total. The molecule has 0 heterocycles. The molecule has 1 amide bonds. The Hall–Kier alpha value is -1.62. The van der Waals surface area contributed by atoms with Crippen LogP contribution in [0.5, 0.6) is 0 Å². The largest absolute Gasteiger partial charge is 0.480 e. The van der Waals surface area contributed by atoms with Crippen LogP contribution in [0, 0.1) is 11.7 Å². The van der Waals surface area contributed by atoms with Crippen LogP contribution in [-0.4, -0.2) is 22.5 Å². The summed E-state index contributed by atoms with van der Waals surface area (Å²) in [5.74, 6) is -2.44. The molecule has 1 aromatic rings. The van der Waals surface area contributed by atoms with Crippen molar-refractivity contribution in [2.24, 2.45) is 5.92 Å². The molecule has 0 aromatic heterocycles. The number of carbonyl (C=O) groups is 2. The van der Waals surface area contributed by atoms with Crippen LogP contribution in [0.25, 0.3) is 0 Å². The van der Waals surface area contributed by atoms with Crippen LogP contribution >= 0.6 is 11.6 Å². The summed E-state index contributed by atoms with van der Waals surface area (Å²) in [6.07, 6.45) is 2.30. The molecule has 0 radical (unpaired) electrons. The summed E-state index contributed by atoms with van der Waals surface area (Å²) in [5, 5.41) is 12.0. The fraction of sp³-hybridized carbons (Fsp3) is 0.467. The number of carboxylic acids is 1. The molecule has 114 valence electrons. The Morgan fingerprint density at radius 2 is 2.19 bits per heavy atom. The van der Waals surface area contributed by atoms with Gasteiger partial charge >= 0.3 is 5.97 Å². The summed E-state index contributed by atoms with van der Waals surface area (Å²) in [5.41, 5.74) is -1.65. The molecule has 0 spiro atoms. The molecule has 1 fully saturated rings. The van der Waals surface area contributed by atoms with Gasteiger partial charge in [-0.2, -0.15) is 0 Å². The highest BCUT2D eigenvalue weighted by molar-refractivity contribution is 6.33. The zero-order valence-corrected chi connectivity index (χ0v) is 12.4. The average molecular weight is 314 g/mol. The van der Waals surface area contributed by atoms with Crippen molar-refractivity contribution in [1.82, 2.24) is 5.32 Å². The molecular weight excluding hydrogens is 297 g/mol. The number of rotatable bonds is 3. The Balaban J connectivity index is 2.29. The summed E-state index contributed by atoms with van der Waals surface area (Å²) >= 11 is 5.85. The number of aliphatic carboxylic acids is 1. The van der Waals surface area contributed by atoms with Crippen LogP contribution in [0.1, 0.15) is 43.0 Å². The normalized spacial score (nSPS) is 25.4. The van der Waals surface area contributed by atoms with E-state index in [-0.39, 0.29) is 16.5 Å². The lowest BCUT2D eigenvalue weighted by molar-refractivity contribution is -0.146. The van der Waals surface area contributed by atoms with Crippen LogP contribution in [0.3, 0.4) is 0 Å². The Labute approximate surface area is 127 Å². The number of amides is 1. The molecule has 1 saturated carbocycles. The highest BCUT2D eigenvalue weighted by atomic mass is 35.5. The van der Waals surface area contributed by atoms with Gasteiger partial charge in [-0.15, -0.1) is 0 Å². The van der Waals surface area contributed by atoms with E-state index in [0.29, 0.717) is 19.3 Å². The van der Waals surface area contributed by atoms with Crippen molar-refractivity contribution in [3.63, 3.8) is 0 Å². The Kier molecular flexibility index (Phi) is 4.52. The lowest BCUT2D eigenvalue weighted by Gasteiger charge is -2.37. The third-order valence-corrected chi connectivity index (χ3v) is 4.26. The Morgan fingerprint density at radius 1 is 1.48 bits per heavy atom. The second-order valence-corrected chi connectivity index (χ2v) is 6.05. The lowest BCUT2D eigenvalue weighted by Crippen LogP contribution is -2.57. The van der Waals surface area contributed by atoms with Gasteiger partial charge in [-0.1, -0.05) is 37.4 Å². The van der Waals surface area contributed by atoms with E-state index in [1.807, 2.05) is 6.92 Å². The summed E-state index contributed by atoms with van der Waals surface area (Å²) < 4.78 is 13.8. The quantitative estimate of drug-likeness (QED) is 0.900. The number of carbonyl (C=O) groups excluding carboxylic acids is 1. The van der Waals surface area contributed by atoms with Crippen molar-refractivity contribution in [1.29, 1.82) is 0 Å². The van der Waals surface area contributed by atoms with Gasteiger partial charge in [0.2, 0.25) is 0 Å². The topological polar surface area (TPSA) is 66.4 Å². The maximum Gasteiger partial charge on any atom is 0.329 e. The van der Waals surface area contributed by atoms with Crippen molar-refractivity contribution in [3.8, 4) is 0 Å². The van der Waals surface area contributed by atoms with Crippen molar-refractivity contribution in [3.05, 3.63) is 34.6 Å². The van der Waals surface area contributed by atoms with Crippen LogP contribution in [0.2, 0.25) is 5.02 Å². The molecule has 21 heavy (non-hydrogen) atoms. The lowest BCUT2D eigenvalue weighted by atomic mass is 9.76. The number of benzene rings is 1. The van der Waals surface area contributed by atoms with Gasteiger partial charge in [0.05, 0.1) is 10.6 Å². The summed E-state index contributed by atoms with van der Waals surface area (Å²) in [6.45, 7) is 1.94. The van der Waals surface area contributed by atoms with Crippen molar-refractivity contribution in [2.45, 2.75) is 38.1 Å². The summed E-state index contributed by atoms with van der Waals surface area (Å²) in [7, 11) is 0. The molecule has 0 aliphatic heterocycles. The number of nitrogens with one attached hydrogen (secondary N) is 1. The van der Waals surface area contributed by atoms with Gasteiger partial charge in [0.25, 0.3) is 5.91 Å². The van der Waals surface area contributed by atoms with Gasteiger partial charge in [0.15, 0.2) is 0 Å². The summed E-state index contributed by atoms with van der Waals surface area (Å²) in [4.78, 5) is 23.9. The number of carboxylic acid groups (broad SMARTS) is 1. The SMILES string of the molecule is CC1CCCC(NC(=O)c2c(F)cccc2Cl)(C(=O)O)C1. The van der Waals surface area contributed by atoms with Crippen molar-refractivity contribution >= 4 is 23.5 Å². The maximum atomic E-state index is 13.8. The van der Waals surface area contributed by atoms with E-state index in [0.717, 1.165) is 12.5 Å². The highest BCUT2D eigenvalue weighted by Gasteiger charge is 2.43. The van der Waals surface area contributed by atoms with Gasteiger partial charge in [-0.3, -0.25) is 4.79 Å². The first kappa shape index (κ1) is 15.8. The predicted molar refractivity (Wildman–Crippen MR) is 76.9 cm³/mol. The van der Waals surface area contributed by atoms with Crippen LogP contribution in [-0.2, 0) is 4.79 Å². The van der Waals surface area contributed by atoms with Crippen LogP contribution in [0.4, 0.5) is 4.39 Å². The van der Waals surface area contributed by atoms with E-state index >= 15 is 0 Å². The zero-order valence-electron chi connectivity index (χ0n) is 11.7. The Bertz CT molecular complexity index is 558. The third kappa shape index (κ3) is 3.18. The molecule has 1 aromatic carbocycles. The van der Waals surface area contributed by atoms with Crippen molar-refractivity contribution in [2.75, 3.05) is 0 Å². The predicted octanol–water partition coefficient (Wildman–Crippen LogP) is 3.24. The minimum absolute atomic E-state index is 0.0307. The van der Waals surface area contributed by atoms with E-state index < -0.39 is 23.2 Å². The molecule has 4 nitrogen and oxygen atoms in total. The molecule has 0 bridgehead atoms. The van der Waals surface area contributed by atoms with Gasteiger partial charge in [0, 0.05) is 0 Å². The van der Waals surface area contributed by atoms with E-state index in [4.69, 9.17) is 11.6 Å². The molecule has 6 heteroatoms. The molecule has 2 unspecified atom stereocenters. The standard InChI is InChI=1S/C15H17ClFNO3/c1-9-4-3-7-15(8-9,14(20)21)18-13(19)12-10(16)5-2-6-11(12)17/h2,5-6,9H,3-4,7-8H2,1H3,(H,18,19)(H,20,21). The van der Waals surface area contributed by atoms with Gasteiger partial charge in [-0.05, 0) is 30.9 Å². The second-order valence-electron chi connectivity index (χ2n) is 5.64. The minimum Gasteiger partial charge on any atom is -0.480 e. The van der Waals surface area contributed by atoms with Gasteiger partial charge in [-0.25, -0.2) is 9.18 Å². The number of hydrogen-bond donors (Lipinski definition) is 2. The fourth-order valence-corrected chi connectivity index (χ4v) is 3.16. The number of hydrogen-bond acceptors (Lipinski definition) is 2. The molecular formula is C15H17ClFNO3. The smallest absolute Gasteiger partial charge is 0.329 e. The molecule has 0 saturated heterocycles. The fourth-order valence-electron chi connectivity index (χ4n) is 2.91. The highest BCUT2D eigenvalue weighted by Crippen LogP contribution is 2.33. The van der Waals surface area contributed by atoms with E-state index in [1.54, 1.807) is 0 Å². The maximum absolute atomic E-state index is 13.8. The van der Waals surface area contributed by atoms with Crippen molar-refractivity contribution < 1.29 is 19.1 Å². The van der Waals surface area contributed by atoms with Gasteiger partial charge < -0.3 is 10.4 Å². The molecule has 1 aliphatic carbocycles. The molecule has 1 aliphatic rings. The van der Waals surface area contributed by atoms with E-state index in [2.05, 4.69) is 5.32 Å². The molecule has 2 atom stereocenters. The first-order chi connectivity index (χ1) is 9.85. The summed E-state index contributed by atoms with van der Waals surface area (Å²) in [6, 6.07) is 3.91.